The number of hydrogen-bond acceptors (Lipinski definition) is 6. The number of aryl methyl sites for hydroxylation is 2. The van der Waals surface area contributed by atoms with Gasteiger partial charge < -0.3 is 5.32 Å². The summed E-state index contributed by atoms with van der Waals surface area (Å²) in [5, 5.41) is 15.6. The van der Waals surface area contributed by atoms with Gasteiger partial charge in [-0.05, 0) is 49.7 Å². The predicted octanol–water partition coefficient (Wildman–Crippen LogP) is 1.95. The van der Waals surface area contributed by atoms with E-state index in [1.165, 1.54) is 24.3 Å². The van der Waals surface area contributed by atoms with Crippen LogP contribution in [0, 0.1) is 19.7 Å². The highest BCUT2D eigenvalue weighted by atomic mass is 32.2. The molecule has 0 spiro atoms. The summed E-state index contributed by atoms with van der Waals surface area (Å²) in [5.74, 6) is 0.534. The maximum atomic E-state index is 12.9. The molecule has 0 amide bonds. The van der Waals surface area contributed by atoms with Crippen LogP contribution in [0.15, 0.2) is 42.5 Å². The minimum Gasteiger partial charge on any atom is -0.367 e. The van der Waals surface area contributed by atoms with Gasteiger partial charge in [-0.3, -0.25) is 0 Å². The van der Waals surface area contributed by atoms with Crippen molar-refractivity contribution >= 4 is 15.8 Å². The SMILES string of the molecule is Cc1cc(C)n(-c2ccc(NCCNS(=O)(=O)Cc3ccc(F)cc3)nn2)n1. The maximum Gasteiger partial charge on any atom is 0.215 e. The highest BCUT2D eigenvalue weighted by molar-refractivity contribution is 7.88. The van der Waals surface area contributed by atoms with E-state index in [4.69, 9.17) is 0 Å². The van der Waals surface area contributed by atoms with Crippen molar-refractivity contribution in [3.63, 3.8) is 0 Å². The monoisotopic (exact) mass is 404 g/mol. The highest BCUT2D eigenvalue weighted by Gasteiger charge is 2.11. The Morgan fingerprint density at radius 1 is 1.04 bits per heavy atom. The normalized spacial score (nSPS) is 11.5. The standard InChI is InChI=1S/C18H21FN6O2S/c1-13-11-14(2)25(24-13)18-8-7-17(22-23-18)20-9-10-21-28(26,27)12-15-3-5-16(19)6-4-15/h3-8,11,21H,9-10,12H2,1-2H3,(H,20,22). The summed E-state index contributed by atoms with van der Waals surface area (Å²) < 4.78 is 41.2. The topological polar surface area (TPSA) is 102 Å². The van der Waals surface area contributed by atoms with Crippen molar-refractivity contribution in [1.82, 2.24) is 24.7 Å². The minimum atomic E-state index is -3.51. The lowest BCUT2D eigenvalue weighted by Crippen LogP contribution is -2.30. The first kappa shape index (κ1) is 19.9. The Kier molecular flexibility index (Phi) is 6.00. The van der Waals surface area contributed by atoms with Gasteiger partial charge in [0, 0.05) is 18.8 Å². The first-order chi connectivity index (χ1) is 13.3. The van der Waals surface area contributed by atoms with Crippen molar-refractivity contribution in [3.05, 3.63) is 65.2 Å². The lowest BCUT2D eigenvalue weighted by Gasteiger charge is -2.09. The van der Waals surface area contributed by atoms with E-state index >= 15 is 0 Å². The van der Waals surface area contributed by atoms with Gasteiger partial charge >= 0.3 is 0 Å². The number of benzene rings is 1. The van der Waals surface area contributed by atoms with Gasteiger partial charge in [0.1, 0.15) is 11.6 Å². The van der Waals surface area contributed by atoms with Crippen LogP contribution >= 0.6 is 0 Å². The maximum absolute atomic E-state index is 12.9. The van der Waals surface area contributed by atoms with Crippen LogP contribution in [0.5, 0.6) is 0 Å². The number of nitrogens with zero attached hydrogens (tertiary/aromatic N) is 4. The molecule has 0 aliphatic rings. The Labute approximate surface area is 162 Å². The molecule has 3 rings (SSSR count). The smallest absolute Gasteiger partial charge is 0.215 e. The Bertz CT molecular complexity index is 1030. The van der Waals surface area contributed by atoms with Gasteiger partial charge in [-0.1, -0.05) is 12.1 Å². The molecule has 0 saturated heterocycles. The van der Waals surface area contributed by atoms with Crippen molar-refractivity contribution in [2.24, 2.45) is 0 Å². The Morgan fingerprint density at radius 3 is 2.39 bits per heavy atom. The lowest BCUT2D eigenvalue weighted by atomic mass is 10.2. The zero-order valence-electron chi connectivity index (χ0n) is 15.6. The molecule has 8 nitrogen and oxygen atoms in total. The van der Waals surface area contributed by atoms with E-state index in [9.17, 15) is 12.8 Å². The number of hydrogen-bond donors (Lipinski definition) is 2. The molecule has 1 aromatic carbocycles. The quantitative estimate of drug-likeness (QED) is 0.557. The molecule has 28 heavy (non-hydrogen) atoms. The lowest BCUT2D eigenvalue weighted by molar-refractivity contribution is 0.581. The van der Waals surface area contributed by atoms with E-state index in [2.05, 4.69) is 25.3 Å². The molecule has 3 aromatic rings. The molecule has 0 fully saturated rings. The van der Waals surface area contributed by atoms with Crippen LogP contribution in [0.2, 0.25) is 0 Å². The largest absolute Gasteiger partial charge is 0.367 e. The van der Waals surface area contributed by atoms with Crippen LogP contribution in [0.1, 0.15) is 17.0 Å². The van der Waals surface area contributed by atoms with Gasteiger partial charge in [0.15, 0.2) is 5.82 Å². The van der Waals surface area contributed by atoms with Crippen LogP contribution in [0.3, 0.4) is 0 Å². The number of rotatable bonds is 8. The van der Waals surface area contributed by atoms with E-state index in [0.717, 1.165) is 11.4 Å². The molecule has 10 heteroatoms. The molecule has 0 aliphatic heterocycles. The average Bonchev–Trinajstić information content (AvgIpc) is 2.99. The number of sulfonamides is 1. The van der Waals surface area contributed by atoms with Crippen LogP contribution in [-0.2, 0) is 15.8 Å². The third-order valence-electron chi connectivity index (χ3n) is 3.90. The summed E-state index contributed by atoms with van der Waals surface area (Å²) >= 11 is 0. The summed E-state index contributed by atoms with van der Waals surface area (Å²) in [5.41, 5.74) is 2.38. The second kappa shape index (κ2) is 8.44. The second-order valence-electron chi connectivity index (χ2n) is 6.32. The van der Waals surface area contributed by atoms with Gasteiger partial charge in [0.05, 0.1) is 11.4 Å². The third-order valence-corrected chi connectivity index (χ3v) is 5.26. The van der Waals surface area contributed by atoms with Crippen molar-refractivity contribution < 1.29 is 12.8 Å². The van der Waals surface area contributed by atoms with Crippen LogP contribution < -0.4 is 10.0 Å². The molecule has 0 atom stereocenters. The summed E-state index contributed by atoms with van der Waals surface area (Å²) in [7, 11) is -3.51. The molecule has 0 unspecified atom stereocenters. The van der Waals surface area contributed by atoms with E-state index < -0.39 is 15.8 Å². The van der Waals surface area contributed by atoms with Crippen LogP contribution in [-0.4, -0.2) is 41.5 Å². The molecule has 0 saturated carbocycles. The van der Waals surface area contributed by atoms with E-state index in [1.807, 2.05) is 19.9 Å². The van der Waals surface area contributed by atoms with Crippen molar-refractivity contribution in [2.45, 2.75) is 19.6 Å². The number of nitrogens with one attached hydrogen (secondary N) is 2. The first-order valence-electron chi connectivity index (χ1n) is 8.65. The molecule has 2 aromatic heterocycles. The molecule has 0 radical (unpaired) electrons. The van der Waals surface area contributed by atoms with E-state index in [-0.39, 0.29) is 12.3 Å². The van der Waals surface area contributed by atoms with Gasteiger partial charge in [0.2, 0.25) is 10.0 Å². The molecule has 2 N–H and O–H groups in total. The number of aromatic nitrogens is 4. The summed E-state index contributed by atoms with van der Waals surface area (Å²) in [6.45, 7) is 4.37. The Balaban J connectivity index is 1.48. The highest BCUT2D eigenvalue weighted by Crippen LogP contribution is 2.10. The molecule has 0 bridgehead atoms. The predicted molar refractivity (Wildman–Crippen MR) is 104 cm³/mol. The van der Waals surface area contributed by atoms with Gasteiger partial charge in [0.25, 0.3) is 0 Å². The summed E-state index contributed by atoms with van der Waals surface area (Å²) in [6, 6.07) is 10.9. The minimum absolute atomic E-state index is 0.185. The Morgan fingerprint density at radius 2 is 1.79 bits per heavy atom. The van der Waals surface area contributed by atoms with Crippen molar-refractivity contribution in [2.75, 3.05) is 18.4 Å². The zero-order valence-corrected chi connectivity index (χ0v) is 16.4. The van der Waals surface area contributed by atoms with Gasteiger partial charge in [-0.15, -0.1) is 10.2 Å². The summed E-state index contributed by atoms with van der Waals surface area (Å²) in [4.78, 5) is 0. The van der Waals surface area contributed by atoms with Gasteiger partial charge in [-0.25, -0.2) is 22.2 Å². The van der Waals surface area contributed by atoms with Crippen molar-refractivity contribution in [1.29, 1.82) is 0 Å². The fraction of sp³-hybridized carbons (Fsp3) is 0.278. The summed E-state index contributed by atoms with van der Waals surface area (Å²) in [6.07, 6.45) is 0. The first-order valence-corrected chi connectivity index (χ1v) is 10.3. The van der Waals surface area contributed by atoms with Crippen LogP contribution in [0.25, 0.3) is 5.82 Å². The van der Waals surface area contributed by atoms with Crippen LogP contribution in [0.4, 0.5) is 10.2 Å². The van der Waals surface area contributed by atoms with Gasteiger partial charge in [-0.2, -0.15) is 5.10 Å². The Hall–Kier alpha value is -2.85. The molecular formula is C18H21FN6O2S. The number of halogens is 1. The zero-order chi connectivity index (χ0) is 20.1. The average molecular weight is 404 g/mol. The molecule has 148 valence electrons. The third kappa shape index (κ3) is 5.33. The van der Waals surface area contributed by atoms with Crippen molar-refractivity contribution in [3.8, 4) is 5.82 Å². The second-order valence-corrected chi connectivity index (χ2v) is 8.13. The fourth-order valence-corrected chi connectivity index (χ4v) is 3.79. The number of anilines is 1. The molecule has 0 aliphatic carbocycles. The fourth-order valence-electron chi connectivity index (χ4n) is 2.64. The van der Waals surface area contributed by atoms with E-state index in [1.54, 1.807) is 16.8 Å². The molecular weight excluding hydrogens is 383 g/mol. The molecule has 2 heterocycles. The van der Waals surface area contributed by atoms with E-state index in [0.29, 0.717) is 23.7 Å².